The molecule has 6 heavy (non-hydrogen) atoms. The normalized spacial score (nSPS) is 6.17. The second kappa shape index (κ2) is 2.30. The molecule has 0 aliphatic rings. The van der Waals surface area contributed by atoms with Crippen LogP contribution in [0.5, 0.6) is 0 Å². The van der Waals surface area contributed by atoms with Gasteiger partial charge < -0.3 is 4.74 Å². The van der Waals surface area contributed by atoms with Crippen LogP contribution in [0, 0.1) is 0 Å². The average Bonchev–Trinajstić information content (AvgIpc) is 1.65. The minimum atomic E-state index is -0.963. The number of hydrogen-bond acceptors (Lipinski definition) is 2. The van der Waals surface area contributed by atoms with Crippen LogP contribution in [-0.4, -0.2) is 13.1 Å². The van der Waals surface area contributed by atoms with Crippen LogP contribution in [0.15, 0.2) is 5.95 Å². The van der Waals surface area contributed by atoms with E-state index in [0.29, 0.717) is 0 Å². The highest BCUT2D eigenvalue weighted by atomic mass is 16.6. The van der Waals surface area contributed by atoms with Gasteiger partial charge in [0.05, 0.1) is 7.11 Å². The van der Waals surface area contributed by atoms with Crippen LogP contribution in [0.2, 0.25) is 0 Å². The zero-order chi connectivity index (χ0) is 4.99. The molecular formula is C3H3O3. The van der Waals surface area contributed by atoms with Crippen LogP contribution in [0.25, 0.3) is 0 Å². The number of ether oxygens (including phenoxy) is 1. The van der Waals surface area contributed by atoms with Crippen LogP contribution in [0.4, 0.5) is 0 Å². The fourth-order valence-electron chi connectivity index (χ4n) is 0.0417. The van der Waals surface area contributed by atoms with Crippen molar-refractivity contribution in [3.63, 3.8) is 0 Å². The van der Waals surface area contributed by atoms with Crippen molar-refractivity contribution in [1.82, 2.24) is 0 Å². The molecule has 0 N–H and O–H groups in total. The Bertz CT molecular complexity index is 80.0. The van der Waals surface area contributed by atoms with Crippen LogP contribution >= 0.6 is 0 Å². The molecule has 0 saturated carbocycles. The molecule has 0 bridgehead atoms. The van der Waals surface area contributed by atoms with Crippen molar-refractivity contribution in [3.8, 4) is 0 Å². The molecule has 0 aromatic rings. The largest absolute Gasteiger partial charge is 0.458 e. The third-order valence-corrected chi connectivity index (χ3v) is 0.269. The van der Waals surface area contributed by atoms with Gasteiger partial charge in [-0.1, -0.05) is 0 Å². The Balaban J connectivity index is 3.52. The average molecular weight is 87.1 g/mol. The van der Waals surface area contributed by atoms with Gasteiger partial charge in [0.15, 0.2) is 0 Å². The fourth-order valence-corrected chi connectivity index (χ4v) is 0.0417. The molecule has 0 unspecified atom stereocenters. The summed E-state index contributed by atoms with van der Waals surface area (Å²) in [5.74, 6) is 0.0405. The minimum Gasteiger partial charge on any atom is -0.458 e. The fraction of sp³-hybridized carbons (Fsp3) is 0.333. The summed E-state index contributed by atoms with van der Waals surface area (Å²) in [5, 5.41) is 9.53. The summed E-state index contributed by atoms with van der Waals surface area (Å²) in [5.41, 5.74) is 0. The van der Waals surface area contributed by atoms with E-state index < -0.39 is 5.95 Å². The summed E-state index contributed by atoms with van der Waals surface area (Å²) in [6.45, 7) is 0. The highest BCUT2D eigenvalue weighted by molar-refractivity contribution is 5.45. The molecule has 0 heterocycles. The molecule has 0 atom stereocenters. The SMILES string of the molecule is COC([O])=C=O. The Morgan fingerprint density at radius 3 is 2.33 bits per heavy atom. The summed E-state index contributed by atoms with van der Waals surface area (Å²) < 4.78 is 3.84. The molecule has 0 fully saturated rings. The highest BCUT2D eigenvalue weighted by Gasteiger charge is 1.84. The Morgan fingerprint density at radius 1 is 1.83 bits per heavy atom. The summed E-state index contributed by atoms with van der Waals surface area (Å²) in [6.07, 6.45) is 0. The first-order valence-electron chi connectivity index (χ1n) is 1.27. The summed E-state index contributed by atoms with van der Waals surface area (Å²) in [6, 6.07) is 0. The molecule has 0 amide bonds. The summed E-state index contributed by atoms with van der Waals surface area (Å²) >= 11 is 0. The molecule has 0 rings (SSSR count). The van der Waals surface area contributed by atoms with Gasteiger partial charge >= 0.3 is 5.95 Å². The van der Waals surface area contributed by atoms with Crippen LogP contribution in [0.3, 0.4) is 0 Å². The molecule has 0 aromatic heterocycles. The van der Waals surface area contributed by atoms with Crippen LogP contribution in [-0.2, 0) is 14.6 Å². The van der Waals surface area contributed by atoms with Gasteiger partial charge in [0.2, 0.25) is 5.94 Å². The molecule has 0 spiro atoms. The zero-order valence-electron chi connectivity index (χ0n) is 3.22. The molecule has 3 nitrogen and oxygen atoms in total. The lowest BCUT2D eigenvalue weighted by Gasteiger charge is -1.79. The first-order valence-corrected chi connectivity index (χ1v) is 1.27. The van der Waals surface area contributed by atoms with E-state index in [4.69, 9.17) is 4.79 Å². The van der Waals surface area contributed by atoms with E-state index in [0.717, 1.165) is 13.1 Å². The number of methoxy groups -OCH3 is 1. The van der Waals surface area contributed by atoms with Crippen molar-refractivity contribution in [1.29, 1.82) is 0 Å². The predicted octanol–water partition coefficient (Wildman–Crippen LogP) is -0.264. The molecule has 33 valence electrons. The van der Waals surface area contributed by atoms with Crippen LogP contribution in [0.1, 0.15) is 0 Å². The molecular weight excluding hydrogens is 84.0 g/mol. The standard InChI is InChI=1S/C3H3O3/c1-6-3(5)2-4/h1H3. The van der Waals surface area contributed by atoms with Crippen molar-refractivity contribution >= 4 is 5.94 Å². The smallest absolute Gasteiger partial charge is 0.417 e. The van der Waals surface area contributed by atoms with Crippen molar-refractivity contribution < 1.29 is 14.6 Å². The Labute approximate surface area is 34.8 Å². The minimum absolute atomic E-state index is 0.963. The molecule has 0 saturated heterocycles. The van der Waals surface area contributed by atoms with E-state index >= 15 is 0 Å². The molecule has 3 heteroatoms. The highest BCUT2D eigenvalue weighted by Crippen LogP contribution is 1.75. The Kier molecular flexibility index (Phi) is 1.93. The van der Waals surface area contributed by atoms with E-state index in [-0.39, 0.29) is 0 Å². The van der Waals surface area contributed by atoms with E-state index in [1.807, 2.05) is 0 Å². The zero-order valence-corrected chi connectivity index (χ0v) is 3.22. The predicted molar refractivity (Wildman–Crippen MR) is 16.9 cm³/mol. The number of carbonyl (C=O) groups excluding carboxylic acids is 1. The third kappa shape index (κ3) is 1.38. The summed E-state index contributed by atoms with van der Waals surface area (Å²) in [7, 11) is 1.12. The maximum atomic E-state index is 9.53. The number of rotatable bonds is 1. The van der Waals surface area contributed by atoms with Gasteiger partial charge in [-0.3, -0.25) is 0 Å². The summed E-state index contributed by atoms with van der Waals surface area (Å²) in [4.78, 5) is 9.14. The van der Waals surface area contributed by atoms with Gasteiger partial charge in [-0.25, -0.2) is 9.90 Å². The van der Waals surface area contributed by atoms with E-state index in [1.54, 1.807) is 0 Å². The van der Waals surface area contributed by atoms with Crippen molar-refractivity contribution in [2.24, 2.45) is 0 Å². The second-order valence-electron chi connectivity index (χ2n) is 0.594. The lowest BCUT2D eigenvalue weighted by atomic mass is 11.0. The molecule has 0 aromatic carbocycles. The van der Waals surface area contributed by atoms with Gasteiger partial charge in [-0.15, -0.1) is 0 Å². The first kappa shape index (κ1) is 5.05. The van der Waals surface area contributed by atoms with Crippen molar-refractivity contribution in [3.05, 3.63) is 5.95 Å². The van der Waals surface area contributed by atoms with Gasteiger partial charge in [-0.2, -0.15) is 0 Å². The molecule has 1 radical (unpaired) electrons. The van der Waals surface area contributed by atoms with E-state index in [2.05, 4.69) is 4.74 Å². The lowest BCUT2D eigenvalue weighted by molar-refractivity contribution is 0.0921. The van der Waals surface area contributed by atoms with Gasteiger partial charge in [0.1, 0.15) is 0 Å². The Hall–Kier alpha value is -0.950. The van der Waals surface area contributed by atoms with E-state index in [1.165, 1.54) is 0 Å². The maximum Gasteiger partial charge on any atom is 0.417 e. The topological polar surface area (TPSA) is 46.2 Å². The lowest BCUT2D eigenvalue weighted by Crippen LogP contribution is -1.78. The quantitative estimate of drug-likeness (QED) is 0.326. The third-order valence-electron chi connectivity index (χ3n) is 0.269. The second-order valence-corrected chi connectivity index (χ2v) is 0.594. The van der Waals surface area contributed by atoms with Gasteiger partial charge in [0, 0.05) is 0 Å². The molecule has 0 aliphatic heterocycles. The van der Waals surface area contributed by atoms with Crippen molar-refractivity contribution in [2.75, 3.05) is 7.11 Å². The van der Waals surface area contributed by atoms with E-state index in [9.17, 15) is 5.11 Å². The van der Waals surface area contributed by atoms with Gasteiger partial charge in [-0.05, 0) is 0 Å². The van der Waals surface area contributed by atoms with Crippen molar-refractivity contribution in [2.45, 2.75) is 0 Å². The number of hydrogen-bond donors (Lipinski definition) is 0. The first-order chi connectivity index (χ1) is 2.81. The maximum absolute atomic E-state index is 9.53. The molecule has 0 aliphatic carbocycles. The Morgan fingerprint density at radius 2 is 2.33 bits per heavy atom. The van der Waals surface area contributed by atoms with Crippen LogP contribution < -0.4 is 0 Å². The monoisotopic (exact) mass is 87.0 g/mol. The van der Waals surface area contributed by atoms with Gasteiger partial charge in [0.25, 0.3) is 0 Å².